The maximum Gasteiger partial charge on any atom is 0.392 e. The van der Waals surface area contributed by atoms with Crippen LogP contribution in [0.15, 0.2) is 0 Å². The fraction of sp³-hybridized carbons (Fsp3) is 0.923. The van der Waals surface area contributed by atoms with Crippen LogP contribution in [0.4, 0.5) is 13.2 Å². The van der Waals surface area contributed by atoms with Crippen LogP contribution in [0.5, 0.6) is 0 Å². The summed E-state index contributed by atoms with van der Waals surface area (Å²) in [5.41, 5.74) is 0. The Morgan fingerprint density at radius 1 is 1.22 bits per heavy atom. The lowest BCUT2D eigenvalue weighted by atomic mass is 9.73. The quantitative estimate of drug-likeness (QED) is 0.753. The molecule has 1 aliphatic heterocycles. The molecule has 3 unspecified atom stereocenters. The van der Waals surface area contributed by atoms with Crippen molar-refractivity contribution in [2.75, 3.05) is 5.75 Å². The maximum absolute atomic E-state index is 13.0. The summed E-state index contributed by atoms with van der Waals surface area (Å²) in [6, 6.07) is 0. The Morgan fingerprint density at radius 2 is 1.89 bits per heavy atom. The van der Waals surface area contributed by atoms with Gasteiger partial charge in [-0.05, 0) is 38.4 Å². The Morgan fingerprint density at radius 3 is 2.44 bits per heavy atom. The molecule has 0 aromatic rings. The Labute approximate surface area is 110 Å². The minimum Gasteiger partial charge on any atom is -0.298 e. The SMILES string of the molecule is CC1(C(=O)C2CCCCC2C(F)(F)F)CCCS1. The number of carbonyl (C=O) groups excluding carboxylic acids is 1. The van der Waals surface area contributed by atoms with Crippen molar-refractivity contribution in [1.29, 1.82) is 0 Å². The second kappa shape index (κ2) is 5.06. The van der Waals surface area contributed by atoms with Crippen molar-refractivity contribution in [1.82, 2.24) is 0 Å². The number of ketones is 1. The second-order valence-corrected chi connectivity index (χ2v) is 7.18. The molecule has 5 heteroatoms. The summed E-state index contributed by atoms with van der Waals surface area (Å²) in [6.07, 6.45) is -0.657. The highest BCUT2D eigenvalue weighted by molar-refractivity contribution is 8.01. The van der Waals surface area contributed by atoms with E-state index in [0.717, 1.165) is 25.0 Å². The summed E-state index contributed by atoms with van der Waals surface area (Å²) in [6.45, 7) is 1.83. The maximum atomic E-state index is 13.0. The van der Waals surface area contributed by atoms with Gasteiger partial charge in [0.25, 0.3) is 0 Å². The van der Waals surface area contributed by atoms with Crippen molar-refractivity contribution in [3.63, 3.8) is 0 Å². The largest absolute Gasteiger partial charge is 0.392 e. The van der Waals surface area contributed by atoms with Crippen LogP contribution >= 0.6 is 11.8 Å². The number of thioether (sulfide) groups is 1. The number of halogens is 3. The van der Waals surface area contributed by atoms with Crippen LogP contribution < -0.4 is 0 Å². The molecular formula is C13H19F3OS. The zero-order valence-corrected chi connectivity index (χ0v) is 11.4. The van der Waals surface area contributed by atoms with E-state index in [1.165, 1.54) is 0 Å². The third-order valence-corrected chi connectivity index (χ3v) is 5.80. The minimum absolute atomic E-state index is 0.126. The number of rotatable bonds is 2. The van der Waals surface area contributed by atoms with E-state index >= 15 is 0 Å². The Hall–Kier alpha value is -0.190. The molecule has 1 saturated carbocycles. The highest BCUT2D eigenvalue weighted by Gasteiger charge is 2.52. The summed E-state index contributed by atoms with van der Waals surface area (Å²) in [5.74, 6) is -1.45. The molecule has 0 bridgehead atoms. The molecule has 0 aromatic heterocycles. The summed E-state index contributed by atoms with van der Waals surface area (Å²) in [7, 11) is 0. The van der Waals surface area contributed by atoms with E-state index in [0.29, 0.717) is 12.8 Å². The number of Topliss-reactive ketones (excluding diaryl/α,β-unsaturated/α-hetero) is 1. The Kier molecular flexibility index (Phi) is 4.00. The first kappa shape index (κ1) is 14.2. The predicted octanol–water partition coefficient (Wildman–Crippen LogP) is 4.21. The topological polar surface area (TPSA) is 17.1 Å². The van der Waals surface area contributed by atoms with Crippen LogP contribution in [0.2, 0.25) is 0 Å². The van der Waals surface area contributed by atoms with Gasteiger partial charge in [-0.3, -0.25) is 4.79 Å². The van der Waals surface area contributed by atoms with Gasteiger partial charge in [0.1, 0.15) is 0 Å². The fourth-order valence-corrected chi connectivity index (χ4v) is 4.52. The molecule has 1 heterocycles. The van der Waals surface area contributed by atoms with Gasteiger partial charge in [0, 0.05) is 5.92 Å². The van der Waals surface area contributed by atoms with Gasteiger partial charge in [-0.15, -0.1) is 11.8 Å². The molecule has 3 atom stereocenters. The van der Waals surface area contributed by atoms with E-state index in [1.807, 2.05) is 6.92 Å². The first-order valence-corrected chi connectivity index (χ1v) is 7.58. The lowest BCUT2D eigenvalue weighted by molar-refractivity contribution is -0.198. The molecule has 2 aliphatic rings. The standard InChI is InChI=1S/C13H19F3OS/c1-12(7-4-8-18-12)11(17)9-5-2-3-6-10(9)13(14,15)16/h9-10H,2-8H2,1H3. The minimum atomic E-state index is -4.22. The van der Waals surface area contributed by atoms with Crippen LogP contribution in [0, 0.1) is 11.8 Å². The smallest absolute Gasteiger partial charge is 0.298 e. The van der Waals surface area contributed by atoms with Crippen molar-refractivity contribution in [2.45, 2.75) is 56.4 Å². The molecule has 0 aromatic carbocycles. The summed E-state index contributed by atoms with van der Waals surface area (Å²) < 4.78 is 38.4. The molecule has 104 valence electrons. The van der Waals surface area contributed by atoms with Gasteiger partial charge < -0.3 is 0 Å². The third-order valence-electron chi connectivity index (χ3n) is 4.26. The van der Waals surface area contributed by atoms with E-state index in [9.17, 15) is 18.0 Å². The van der Waals surface area contributed by atoms with Crippen molar-refractivity contribution in [3.8, 4) is 0 Å². The van der Waals surface area contributed by atoms with Crippen LogP contribution in [0.3, 0.4) is 0 Å². The van der Waals surface area contributed by atoms with Crippen LogP contribution in [0.1, 0.15) is 45.4 Å². The van der Waals surface area contributed by atoms with Gasteiger partial charge in [0.05, 0.1) is 10.7 Å². The summed E-state index contributed by atoms with van der Waals surface area (Å²) in [4.78, 5) is 12.5. The molecule has 1 saturated heterocycles. The first-order chi connectivity index (χ1) is 8.34. The zero-order chi connectivity index (χ0) is 13.4. The lowest BCUT2D eigenvalue weighted by Gasteiger charge is -2.36. The van der Waals surface area contributed by atoms with E-state index < -0.39 is 22.8 Å². The molecule has 0 amide bonds. The van der Waals surface area contributed by atoms with Gasteiger partial charge in [-0.2, -0.15) is 13.2 Å². The molecule has 0 N–H and O–H groups in total. The summed E-state index contributed by atoms with van der Waals surface area (Å²) in [5, 5.41) is 0. The summed E-state index contributed by atoms with van der Waals surface area (Å²) >= 11 is 1.54. The molecule has 0 radical (unpaired) electrons. The number of carbonyl (C=O) groups is 1. The normalized spacial score (nSPS) is 37.8. The number of alkyl halides is 3. The predicted molar refractivity (Wildman–Crippen MR) is 66.6 cm³/mol. The van der Waals surface area contributed by atoms with Crippen LogP contribution in [-0.4, -0.2) is 22.5 Å². The molecule has 0 spiro atoms. The molecular weight excluding hydrogens is 261 g/mol. The van der Waals surface area contributed by atoms with Gasteiger partial charge >= 0.3 is 6.18 Å². The molecule has 2 fully saturated rings. The third kappa shape index (κ3) is 2.70. The van der Waals surface area contributed by atoms with Crippen LogP contribution in [0.25, 0.3) is 0 Å². The van der Waals surface area contributed by atoms with E-state index in [1.54, 1.807) is 11.8 Å². The van der Waals surface area contributed by atoms with Crippen molar-refractivity contribution < 1.29 is 18.0 Å². The average Bonchev–Trinajstić information content (AvgIpc) is 2.75. The van der Waals surface area contributed by atoms with Gasteiger partial charge in [0.2, 0.25) is 0 Å². The highest BCUT2D eigenvalue weighted by Crippen LogP contribution is 2.47. The van der Waals surface area contributed by atoms with E-state index in [4.69, 9.17) is 0 Å². The molecule has 2 rings (SSSR count). The van der Waals surface area contributed by atoms with Gasteiger partial charge in [0.15, 0.2) is 5.78 Å². The monoisotopic (exact) mass is 280 g/mol. The Balaban J connectivity index is 2.16. The first-order valence-electron chi connectivity index (χ1n) is 6.59. The fourth-order valence-electron chi connectivity index (χ4n) is 3.20. The van der Waals surface area contributed by atoms with Crippen LogP contribution in [-0.2, 0) is 4.79 Å². The lowest BCUT2D eigenvalue weighted by Crippen LogP contribution is -2.44. The molecule has 1 aliphatic carbocycles. The van der Waals surface area contributed by atoms with Gasteiger partial charge in [-0.25, -0.2) is 0 Å². The average molecular weight is 280 g/mol. The van der Waals surface area contributed by atoms with E-state index in [-0.39, 0.29) is 12.2 Å². The van der Waals surface area contributed by atoms with Crippen molar-refractivity contribution in [3.05, 3.63) is 0 Å². The van der Waals surface area contributed by atoms with Gasteiger partial charge in [-0.1, -0.05) is 12.8 Å². The molecule has 1 nitrogen and oxygen atoms in total. The zero-order valence-electron chi connectivity index (χ0n) is 10.6. The Bertz CT molecular complexity index is 321. The molecule has 18 heavy (non-hydrogen) atoms. The number of hydrogen-bond donors (Lipinski definition) is 0. The van der Waals surface area contributed by atoms with Crippen molar-refractivity contribution >= 4 is 17.5 Å². The number of hydrogen-bond acceptors (Lipinski definition) is 2. The van der Waals surface area contributed by atoms with Crippen molar-refractivity contribution in [2.24, 2.45) is 11.8 Å². The van der Waals surface area contributed by atoms with E-state index in [2.05, 4.69) is 0 Å². The second-order valence-electron chi connectivity index (χ2n) is 5.59. The highest BCUT2D eigenvalue weighted by atomic mass is 32.2.